The monoisotopic (exact) mass is 500 g/mol. The Morgan fingerprint density at radius 3 is 2.46 bits per heavy atom. The Hall–Kier alpha value is -1.77. The van der Waals surface area contributed by atoms with E-state index in [4.69, 9.17) is 9.15 Å². The molecule has 2 rings (SSSR count). The van der Waals surface area contributed by atoms with E-state index < -0.39 is 0 Å². The van der Waals surface area contributed by atoms with Crippen LogP contribution in [-0.2, 0) is 18.5 Å². The molecular weight excluding hydrogens is 467 g/mol. The van der Waals surface area contributed by atoms with Gasteiger partial charge in [0.25, 0.3) is 0 Å². The third kappa shape index (κ3) is 7.33. The van der Waals surface area contributed by atoms with Gasteiger partial charge in [0, 0.05) is 24.6 Å². The standard InChI is InChI=1S/C21H32N4O2.HI/c1-14(2)26-17-10-15(3)8-9-16(17)11-24-20(22-7)25-13-19-23-12-18(27-19)21(4,5)6;/h8-10,12,14H,11,13H2,1-7H3,(H2,22,24,25);1H. The molecule has 156 valence electrons. The van der Waals surface area contributed by atoms with Gasteiger partial charge in [-0.25, -0.2) is 4.98 Å². The highest BCUT2D eigenvalue weighted by molar-refractivity contribution is 14.0. The van der Waals surface area contributed by atoms with E-state index in [2.05, 4.69) is 66.5 Å². The number of aryl methyl sites for hydroxylation is 1. The number of guanidine groups is 1. The third-order valence-corrected chi connectivity index (χ3v) is 3.96. The van der Waals surface area contributed by atoms with Crippen LogP contribution in [0.4, 0.5) is 0 Å². The van der Waals surface area contributed by atoms with Crippen molar-refractivity contribution in [2.45, 2.75) is 66.2 Å². The highest BCUT2D eigenvalue weighted by Gasteiger charge is 2.19. The number of benzene rings is 1. The summed E-state index contributed by atoms with van der Waals surface area (Å²) in [6.45, 7) is 13.5. The van der Waals surface area contributed by atoms with Gasteiger partial charge in [-0.05, 0) is 32.4 Å². The molecule has 0 fully saturated rings. The first-order valence-corrected chi connectivity index (χ1v) is 9.35. The highest BCUT2D eigenvalue weighted by atomic mass is 127. The molecule has 0 bridgehead atoms. The van der Waals surface area contributed by atoms with Gasteiger partial charge in [0.15, 0.2) is 5.96 Å². The van der Waals surface area contributed by atoms with Crippen LogP contribution in [0.5, 0.6) is 5.75 Å². The largest absolute Gasteiger partial charge is 0.491 e. The number of aromatic nitrogens is 1. The molecule has 0 aliphatic heterocycles. The minimum absolute atomic E-state index is 0. The van der Waals surface area contributed by atoms with E-state index in [1.54, 1.807) is 13.2 Å². The lowest BCUT2D eigenvalue weighted by Crippen LogP contribution is -2.36. The SMILES string of the molecule is CN=C(NCc1ncc(C(C)(C)C)o1)NCc1ccc(C)cc1OC(C)C.I. The van der Waals surface area contributed by atoms with Crippen LogP contribution >= 0.6 is 24.0 Å². The van der Waals surface area contributed by atoms with E-state index in [0.29, 0.717) is 24.9 Å². The quantitative estimate of drug-likeness (QED) is 0.346. The van der Waals surface area contributed by atoms with Gasteiger partial charge in [0.05, 0.1) is 18.8 Å². The smallest absolute Gasteiger partial charge is 0.213 e. The number of nitrogens with one attached hydrogen (secondary N) is 2. The zero-order valence-electron chi connectivity index (χ0n) is 17.9. The lowest BCUT2D eigenvalue weighted by atomic mass is 9.94. The zero-order valence-corrected chi connectivity index (χ0v) is 20.3. The molecule has 28 heavy (non-hydrogen) atoms. The first kappa shape index (κ1) is 24.3. The van der Waals surface area contributed by atoms with Crippen LogP contribution in [-0.4, -0.2) is 24.1 Å². The Morgan fingerprint density at radius 2 is 1.89 bits per heavy atom. The maximum atomic E-state index is 5.93. The highest BCUT2D eigenvalue weighted by Crippen LogP contribution is 2.23. The predicted octanol–water partition coefficient (Wildman–Crippen LogP) is 4.55. The molecule has 0 saturated carbocycles. The first-order chi connectivity index (χ1) is 12.7. The molecule has 0 saturated heterocycles. The van der Waals surface area contributed by atoms with E-state index in [1.807, 2.05) is 13.8 Å². The maximum absolute atomic E-state index is 5.93. The minimum atomic E-state index is -0.0522. The van der Waals surface area contributed by atoms with Crippen molar-refractivity contribution in [2.75, 3.05) is 7.05 Å². The van der Waals surface area contributed by atoms with E-state index in [0.717, 1.165) is 17.1 Å². The first-order valence-electron chi connectivity index (χ1n) is 9.35. The molecule has 0 unspecified atom stereocenters. The Morgan fingerprint density at radius 1 is 1.21 bits per heavy atom. The van der Waals surface area contributed by atoms with Crippen molar-refractivity contribution in [3.8, 4) is 5.75 Å². The predicted molar refractivity (Wildman–Crippen MR) is 125 cm³/mol. The maximum Gasteiger partial charge on any atom is 0.213 e. The number of hydrogen-bond donors (Lipinski definition) is 2. The van der Waals surface area contributed by atoms with Crippen molar-refractivity contribution in [1.29, 1.82) is 0 Å². The van der Waals surface area contributed by atoms with Crippen molar-refractivity contribution in [2.24, 2.45) is 4.99 Å². The van der Waals surface area contributed by atoms with Gasteiger partial charge in [-0.3, -0.25) is 4.99 Å². The van der Waals surface area contributed by atoms with Gasteiger partial charge in [0.2, 0.25) is 5.89 Å². The van der Waals surface area contributed by atoms with Crippen molar-refractivity contribution < 1.29 is 9.15 Å². The number of oxazole rings is 1. The molecule has 0 amide bonds. The second kappa shape index (κ2) is 10.7. The molecule has 1 aromatic carbocycles. The van der Waals surface area contributed by atoms with Gasteiger partial charge in [0.1, 0.15) is 11.5 Å². The summed E-state index contributed by atoms with van der Waals surface area (Å²) in [5.41, 5.74) is 2.21. The molecular formula is C21H33IN4O2. The Labute approximate surface area is 185 Å². The van der Waals surface area contributed by atoms with Gasteiger partial charge in [-0.15, -0.1) is 24.0 Å². The summed E-state index contributed by atoms with van der Waals surface area (Å²) in [4.78, 5) is 8.60. The molecule has 0 spiro atoms. The Balaban J connectivity index is 0.00000392. The van der Waals surface area contributed by atoms with Crippen LogP contribution in [0.3, 0.4) is 0 Å². The molecule has 0 aliphatic carbocycles. The Bertz CT molecular complexity index is 779. The normalized spacial score (nSPS) is 11.9. The van der Waals surface area contributed by atoms with Crippen LogP contribution < -0.4 is 15.4 Å². The fourth-order valence-electron chi connectivity index (χ4n) is 2.47. The second-order valence-electron chi connectivity index (χ2n) is 7.93. The topological polar surface area (TPSA) is 71.7 Å². The van der Waals surface area contributed by atoms with Crippen molar-refractivity contribution in [1.82, 2.24) is 15.6 Å². The number of halogens is 1. The summed E-state index contributed by atoms with van der Waals surface area (Å²) < 4.78 is 11.7. The van der Waals surface area contributed by atoms with Gasteiger partial charge >= 0.3 is 0 Å². The van der Waals surface area contributed by atoms with Gasteiger partial charge in [-0.1, -0.05) is 32.9 Å². The molecule has 0 atom stereocenters. The lowest BCUT2D eigenvalue weighted by Gasteiger charge is -2.17. The molecule has 6 nitrogen and oxygen atoms in total. The lowest BCUT2D eigenvalue weighted by molar-refractivity contribution is 0.239. The van der Waals surface area contributed by atoms with E-state index in [1.165, 1.54) is 5.56 Å². The fraction of sp³-hybridized carbons (Fsp3) is 0.524. The molecule has 0 aliphatic rings. The molecule has 7 heteroatoms. The molecule has 2 aromatic rings. The summed E-state index contributed by atoms with van der Waals surface area (Å²) in [6.07, 6.45) is 1.92. The average Bonchev–Trinajstić information content (AvgIpc) is 3.05. The van der Waals surface area contributed by atoms with E-state index in [9.17, 15) is 0 Å². The molecule has 2 N–H and O–H groups in total. The van der Waals surface area contributed by atoms with Crippen LogP contribution in [0.15, 0.2) is 33.8 Å². The molecule has 1 heterocycles. The number of hydrogen-bond acceptors (Lipinski definition) is 4. The van der Waals surface area contributed by atoms with Crippen LogP contribution in [0, 0.1) is 6.92 Å². The molecule has 1 aromatic heterocycles. The summed E-state index contributed by atoms with van der Waals surface area (Å²) in [5.74, 6) is 3.09. The van der Waals surface area contributed by atoms with Gasteiger partial charge < -0.3 is 19.8 Å². The summed E-state index contributed by atoms with van der Waals surface area (Å²) in [5, 5.41) is 6.55. The number of aliphatic imine (C=N–C) groups is 1. The number of nitrogens with zero attached hydrogens (tertiary/aromatic N) is 2. The molecule has 0 radical (unpaired) electrons. The zero-order chi connectivity index (χ0) is 20.0. The van der Waals surface area contributed by atoms with Crippen LogP contribution in [0.1, 0.15) is 57.4 Å². The number of rotatable bonds is 6. The average molecular weight is 500 g/mol. The van der Waals surface area contributed by atoms with Crippen molar-refractivity contribution in [3.63, 3.8) is 0 Å². The van der Waals surface area contributed by atoms with E-state index >= 15 is 0 Å². The van der Waals surface area contributed by atoms with Crippen LogP contribution in [0.2, 0.25) is 0 Å². The summed E-state index contributed by atoms with van der Waals surface area (Å²) >= 11 is 0. The van der Waals surface area contributed by atoms with Crippen molar-refractivity contribution >= 4 is 29.9 Å². The third-order valence-electron chi connectivity index (χ3n) is 3.96. The van der Waals surface area contributed by atoms with Crippen molar-refractivity contribution in [3.05, 3.63) is 47.2 Å². The fourth-order valence-corrected chi connectivity index (χ4v) is 2.47. The Kier molecular flexibility index (Phi) is 9.26. The van der Waals surface area contributed by atoms with Gasteiger partial charge in [-0.2, -0.15) is 0 Å². The summed E-state index contributed by atoms with van der Waals surface area (Å²) in [7, 11) is 1.74. The minimum Gasteiger partial charge on any atom is -0.491 e. The second-order valence-corrected chi connectivity index (χ2v) is 7.93. The van der Waals surface area contributed by atoms with E-state index in [-0.39, 0.29) is 35.5 Å². The number of ether oxygens (including phenoxy) is 1. The van der Waals surface area contributed by atoms with Crippen LogP contribution in [0.25, 0.3) is 0 Å². The summed E-state index contributed by atoms with van der Waals surface area (Å²) in [6, 6.07) is 6.23.